The summed E-state index contributed by atoms with van der Waals surface area (Å²) in [5, 5.41) is 1.25. The second-order valence-electron chi connectivity index (χ2n) is 5.33. The van der Waals surface area contributed by atoms with Crippen LogP contribution in [0.4, 0.5) is 0 Å². The van der Waals surface area contributed by atoms with Crippen LogP contribution >= 0.6 is 39.1 Å². The highest BCUT2D eigenvalue weighted by Gasteiger charge is 2.11. The SMILES string of the molecule is Cc1cc(OCCCC(=O)Oc2cccc(Cl)c2)c(Br)c(C)c1Cl. The van der Waals surface area contributed by atoms with Crippen molar-refractivity contribution in [1.29, 1.82) is 0 Å². The van der Waals surface area contributed by atoms with Crippen LogP contribution in [0, 0.1) is 13.8 Å². The van der Waals surface area contributed by atoms with Crippen LogP contribution in [0.1, 0.15) is 24.0 Å². The molecule has 6 heteroatoms. The van der Waals surface area contributed by atoms with E-state index < -0.39 is 0 Å². The minimum Gasteiger partial charge on any atom is -0.492 e. The molecule has 0 unspecified atom stereocenters. The number of ether oxygens (including phenoxy) is 2. The molecule has 0 aromatic heterocycles. The maximum atomic E-state index is 11.8. The molecule has 128 valence electrons. The molecule has 2 rings (SSSR count). The lowest BCUT2D eigenvalue weighted by Crippen LogP contribution is -2.10. The molecule has 0 aliphatic carbocycles. The van der Waals surface area contributed by atoms with Gasteiger partial charge in [0.1, 0.15) is 11.5 Å². The van der Waals surface area contributed by atoms with Gasteiger partial charge >= 0.3 is 5.97 Å². The molecular formula is C18H17BrCl2O3. The van der Waals surface area contributed by atoms with E-state index in [1.165, 1.54) is 0 Å². The first kappa shape index (κ1) is 19.1. The first-order valence-corrected chi connectivity index (χ1v) is 8.97. The third kappa shape index (κ3) is 5.13. The second-order valence-corrected chi connectivity index (χ2v) is 6.94. The van der Waals surface area contributed by atoms with Gasteiger partial charge in [0.05, 0.1) is 11.1 Å². The first-order valence-electron chi connectivity index (χ1n) is 7.42. The van der Waals surface area contributed by atoms with Gasteiger partial charge in [-0.15, -0.1) is 0 Å². The largest absolute Gasteiger partial charge is 0.492 e. The van der Waals surface area contributed by atoms with Crippen molar-refractivity contribution >= 4 is 45.1 Å². The van der Waals surface area contributed by atoms with Crippen LogP contribution in [0.3, 0.4) is 0 Å². The summed E-state index contributed by atoms with van der Waals surface area (Å²) < 4.78 is 11.8. The van der Waals surface area contributed by atoms with Crippen molar-refractivity contribution in [3.05, 3.63) is 56.0 Å². The number of rotatable bonds is 6. The molecule has 0 saturated carbocycles. The van der Waals surface area contributed by atoms with E-state index in [2.05, 4.69) is 15.9 Å². The highest BCUT2D eigenvalue weighted by Crippen LogP contribution is 2.35. The van der Waals surface area contributed by atoms with Crippen molar-refractivity contribution in [2.75, 3.05) is 6.61 Å². The average Bonchev–Trinajstić information content (AvgIpc) is 2.54. The lowest BCUT2D eigenvalue weighted by molar-refractivity contribution is -0.134. The predicted molar refractivity (Wildman–Crippen MR) is 100 cm³/mol. The van der Waals surface area contributed by atoms with E-state index in [4.69, 9.17) is 32.7 Å². The maximum Gasteiger partial charge on any atom is 0.311 e. The first-order chi connectivity index (χ1) is 11.4. The van der Waals surface area contributed by atoms with Crippen molar-refractivity contribution in [3.63, 3.8) is 0 Å². The predicted octanol–water partition coefficient (Wildman–Crippen LogP) is 6.14. The molecule has 0 saturated heterocycles. The summed E-state index contributed by atoms with van der Waals surface area (Å²) in [6.45, 7) is 4.26. The molecule has 0 atom stereocenters. The van der Waals surface area contributed by atoms with Crippen LogP contribution in [0.15, 0.2) is 34.8 Å². The Bertz CT molecular complexity index is 747. The number of aryl methyl sites for hydroxylation is 1. The molecule has 2 aromatic carbocycles. The van der Waals surface area contributed by atoms with Crippen molar-refractivity contribution in [2.24, 2.45) is 0 Å². The Kier molecular flexibility index (Phi) is 6.96. The average molecular weight is 432 g/mol. The third-order valence-electron chi connectivity index (χ3n) is 3.38. The van der Waals surface area contributed by atoms with E-state index in [1.807, 2.05) is 19.9 Å². The fraction of sp³-hybridized carbons (Fsp3) is 0.278. The number of carbonyl (C=O) groups excluding carboxylic acids is 1. The minimum atomic E-state index is -0.316. The van der Waals surface area contributed by atoms with Crippen LogP contribution in [0.5, 0.6) is 11.5 Å². The molecule has 3 nitrogen and oxygen atoms in total. The normalized spacial score (nSPS) is 10.5. The Balaban J connectivity index is 1.82. The van der Waals surface area contributed by atoms with Crippen LogP contribution in [-0.4, -0.2) is 12.6 Å². The highest BCUT2D eigenvalue weighted by atomic mass is 79.9. The second kappa shape index (κ2) is 8.75. The Morgan fingerprint density at radius 1 is 1.21 bits per heavy atom. The van der Waals surface area contributed by atoms with Crippen molar-refractivity contribution in [3.8, 4) is 11.5 Å². The lowest BCUT2D eigenvalue weighted by atomic mass is 10.1. The van der Waals surface area contributed by atoms with Crippen LogP contribution in [-0.2, 0) is 4.79 Å². The number of esters is 1. The Hall–Kier alpha value is -1.23. The standard InChI is InChI=1S/C18H17BrCl2O3/c1-11-9-15(17(19)12(2)18(11)21)23-8-4-7-16(22)24-14-6-3-5-13(20)10-14/h3,5-6,9-10H,4,7-8H2,1-2H3. The topological polar surface area (TPSA) is 35.5 Å². The number of hydrogen-bond acceptors (Lipinski definition) is 3. The molecule has 0 N–H and O–H groups in total. The Morgan fingerprint density at radius 3 is 2.67 bits per heavy atom. The fourth-order valence-electron chi connectivity index (χ4n) is 2.12. The molecule has 24 heavy (non-hydrogen) atoms. The van der Waals surface area contributed by atoms with Crippen LogP contribution in [0.25, 0.3) is 0 Å². The van der Waals surface area contributed by atoms with Gasteiger partial charge in [-0.3, -0.25) is 4.79 Å². The van der Waals surface area contributed by atoms with Crippen LogP contribution < -0.4 is 9.47 Å². The molecule has 0 heterocycles. The summed E-state index contributed by atoms with van der Waals surface area (Å²) >= 11 is 15.5. The molecule has 0 amide bonds. The van der Waals surface area contributed by atoms with Gasteiger partial charge in [0.2, 0.25) is 0 Å². The number of halogens is 3. The summed E-state index contributed by atoms with van der Waals surface area (Å²) in [5.41, 5.74) is 1.89. The van der Waals surface area contributed by atoms with Crippen molar-refractivity contribution in [2.45, 2.75) is 26.7 Å². The summed E-state index contributed by atoms with van der Waals surface area (Å²) in [7, 11) is 0. The molecule has 0 fully saturated rings. The molecule has 0 spiro atoms. The van der Waals surface area contributed by atoms with Gasteiger partial charge in [-0.05, 0) is 71.6 Å². The van der Waals surface area contributed by atoms with E-state index in [9.17, 15) is 4.79 Å². The molecule has 2 aromatic rings. The van der Waals surface area contributed by atoms with Crippen molar-refractivity contribution < 1.29 is 14.3 Å². The summed E-state index contributed by atoms with van der Waals surface area (Å²) in [4.78, 5) is 11.8. The van der Waals surface area contributed by atoms with E-state index in [0.717, 1.165) is 26.4 Å². The number of hydrogen-bond donors (Lipinski definition) is 0. The van der Waals surface area contributed by atoms with Gasteiger partial charge in [0.25, 0.3) is 0 Å². The van der Waals surface area contributed by atoms with E-state index in [1.54, 1.807) is 24.3 Å². The van der Waals surface area contributed by atoms with E-state index in [-0.39, 0.29) is 12.4 Å². The van der Waals surface area contributed by atoms with Gasteiger partial charge in [-0.25, -0.2) is 0 Å². The summed E-state index contributed by atoms with van der Waals surface area (Å²) in [6, 6.07) is 8.63. The van der Waals surface area contributed by atoms with E-state index in [0.29, 0.717) is 23.8 Å². The summed E-state index contributed by atoms with van der Waals surface area (Å²) in [5.74, 6) is 0.848. The van der Waals surface area contributed by atoms with Crippen LogP contribution in [0.2, 0.25) is 10.0 Å². The zero-order valence-corrected chi connectivity index (χ0v) is 16.5. The van der Waals surface area contributed by atoms with Gasteiger partial charge < -0.3 is 9.47 Å². The molecular weight excluding hydrogens is 415 g/mol. The zero-order chi connectivity index (χ0) is 17.7. The monoisotopic (exact) mass is 430 g/mol. The molecule has 0 aliphatic rings. The molecule has 0 bridgehead atoms. The van der Waals surface area contributed by atoms with Gasteiger partial charge in [-0.1, -0.05) is 29.3 Å². The van der Waals surface area contributed by atoms with Gasteiger partial charge in [0.15, 0.2) is 0 Å². The highest BCUT2D eigenvalue weighted by molar-refractivity contribution is 9.10. The quantitative estimate of drug-likeness (QED) is 0.313. The minimum absolute atomic E-state index is 0.260. The Labute approximate surface area is 160 Å². The fourth-order valence-corrected chi connectivity index (χ4v) is 2.99. The maximum absolute atomic E-state index is 11.8. The zero-order valence-electron chi connectivity index (χ0n) is 13.4. The molecule has 0 radical (unpaired) electrons. The smallest absolute Gasteiger partial charge is 0.311 e. The van der Waals surface area contributed by atoms with E-state index >= 15 is 0 Å². The van der Waals surface area contributed by atoms with Crippen molar-refractivity contribution in [1.82, 2.24) is 0 Å². The number of carbonyl (C=O) groups is 1. The Morgan fingerprint density at radius 2 is 1.96 bits per heavy atom. The van der Waals surface area contributed by atoms with Gasteiger partial charge in [-0.2, -0.15) is 0 Å². The molecule has 0 aliphatic heterocycles. The third-order valence-corrected chi connectivity index (χ3v) is 5.18. The number of benzene rings is 2. The van der Waals surface area contributed by atoms with Gasteiger partial charge in [0, 0.05) is 16.5 Å². The summed E-state index contributed by atoms with van der Waals surface area (Å²) in [6.07, 6.45) is 0.808. The lowest BCUT2D eigenvalue weighted by Gasteiger charge is -2.13.